The van der Waals surface area contributed by atoms with Crippen LogP contribution >= 0.6 is 11.3 Å². The van der Waals surface area contributed by atoms with Crippen molar-refractivity contribution in [2.45, 2.75) is 27.7 Å². The zero-order valence-corrected chi connectivity index (χ0v) is 15.3. The van der Waals surface area contributed by atoms with E-state index in [1.165, 1.54) is 0 Å². The third-order valence-electron chi connectivity index (χ3n) is 4.71. The van der Waals surface area contributed by atoms with Gasteiger partial charge in [-0.1, -0.05) is 12.1 Å². The Labute approximate surface area is 148 Å². The first-order chi connectivity index (χ1) is 11.9. The normalized spacial score (nSPS) is 11.5. The van der Waals surface area contributed by atoms with E-state index in [0.29, 0.717) is 0 Å². The number of hydrogen-bond donors (Lipinski definition) is 0. The van der Waals surface area contributed by atoms with Crippen molar-refractivity contribution >= 4 is 38.1 Å². The van der Waals surface area contributed by atoms with E-state index >= 15 is 0 Å². The third kappa shape index (κ3) is 2.35. The lowest BCUT2D eigenvalue weighted by Gasteiger charge is -2.03. The van der Waals surface area contributed by atoms with Crippen molar-refractivity contribution in [3.05, 3.63) is 62.7 Å². The van der Waals surface area contributed by atoms with Crippen LogP contribution in [-0.4, -0.2) is 4.92 Å². The van der Waals surface area contributed by atoms with Crippen LogP contribution in [0.4, 0.5) is 5.69 Å². The molecule has 5 heteroatoms. The average molecular weight is 351 g/mol. The van der Waals surface area contributed by atoms with Gasteiger partial charge in [0, 0.05) is 27.1 Å². The van der Waals surface area contributed by atoms with E-state index < -0.39 is 0 Å². The maximum atomic E-state index is 11.3. The predicted octanol–water partition coefficient (Wildman–Crippen LogP) is 6.46. The SMILES string of the molecule is Cc1ccc2cc(-c3sc4c(C)cc([N+](=O)[O-])c(C)c4c3C)oc2c1. The van der Waals surface area contributed by atoms with Gasteiger partial charge in [0.1, 0.15) is 11.3 Å². The molecule has 2 aromatic carbocycles. The Morgan fingerprint density at radius 3 is 2.52 bits per heavy atom. The van der Waals surface area contributed by atoms with E-state index in [0.717, 1.165) is 53.9 Å². The first kappa shape index (κ1) is 15.8. The predicted molar refractivity (Wildman–Crippen MR) is 103 cm³/mol. The van der Waals surface area contributed by atoms with Crippen molar-refractivity contribution in [3.8, 4) is 10.6 Å². The molecular formula is C20H17NO3S. The van der Waals surface area contributed by atoms with Crippen LogP contribution in [0, 0.1) is 37.8 Å². The molecule has 0 aliphatic carbocycles. The lowest BCUT2D eigenvalue weighted by Crippen LogP contribution is -1.93. The van der Waals surface area contributed by atoms with Gasteiger partial charge in [-0.3, -0.25) is 10.1 Å². The van der Waals surface area contributed by atoms with Crippen LogP contribution < -0.4 is 0 Å². The molecule has 0 N–H and O–H groups in total. The number of benzene rings is 2. The molecule has 0 unspecified atom stereocenters. The Balaban J connectivity index is 2.01. The molecule has 4 rings (SSSR count). The second-order valence-corrected chi connectivity index (χ2v) is 7.53. The lowest BCUT2D eigenvalue weighted by atomic mass is 10.0. The number of thiophene rings is 1. The van der Waals surface area contributed by atoms with Crippen LogP contribution in [0.1, 0.15) is 22.3 Å². The Kier molecular flexibility index (Phi) is 3.44. The van der Waals surface area contributed by atoms with Crippen LogP contribution in [0.3, 0.4) is 0 Å². The second-order valence-electron chi connectivity index (χ2n) is 6.51. The quantitative estimate of drug-likeness (QED) is 0.308. The van der Waals surface area contributed by atoms with Crippen molar-refractivity contribution in [1.29, 1.82) is 0 Å². The molecule has 4 aromatic rings. The van der Waals surface area contributed by atoms with Crippen LogP contribution in [0.2, 0.25) is 0 Å². The van der Waals surface area contributed by atoms with Crippen molar-refractivity contribution in [1.82, 2.24) is 0 Å². The highest BCUT2D eigenvalue weighted by Gasteiger charge is 2.22. The van der Waals surface area contributed by atoms with Gasteiger partial charge in [-0.05, 0) is 56.5 Å². The van der Waals surface area contributed by atoms with E-state index in [4.69, 9.17) is 4.42 Å². The molecule has 25 heavy (non-hydrogen) atoms. The average Bonchev–Trinajstić information content (AvgIpc) is 3.11. The molecule has 0 saturated heterocycles. The molecule has 0 aliphatic heterocycles. The zero-order valence-electron chi connectivity index (χ0n) is 14.5. The number of nitro groups is 1. The summed E-state index contributed by atoms with van der Waals surface area (Å²) in [5, 5.41) is 13.4. The Bertz CT molecular complexity index is 1170. The maximum absolute atomic E-state index is 11.3. The minimum absolute atomic E-state index is 0.178. The molecule has 0 spiro atoms. The third-order valence-corrected chi connectivity index (χ3v) is 6.16. The molecule has 126 valence electrons. The van der Waals surface area contributed by atoms with Crippen LogP contribution in [0.15, 0.2) is 34.7 Å². The number of rotatable bonds is 2. The van der Waals surface area contributed by atoms with E-state index in [2.05, 4.69) is 12.1 Å². The number of aryl methyl sites for hydroxylation is 4. The smallest absolute Gasteiger partial charge is 0.273 e. The molecule has 0 radical (unpaired) electrons. The Morgan fingerprint density at radius 1 is 1.04 bits per heavy atom. The summed E-state index contributed by atoms with van der Waals surface area (Å²) in [7, 11) is 0. The largest absolute Gasteiger partial charge is 0.455 e. The van der Waals surface area contributed by atoms with Gasteiger partial charge < -0.3 is 4.42 Å². The first-order valence-electron chi connectivity index (χ1n) is 8.05. The summed E-state index contributed by atoms with van der Waals surface area (Å²) in [6.07, 6.45) is 0. The lowest BCUT2D eigenvalue weighted by molar-refractivity contribution is -0.385. The molecule has 0 amide bonds. The number of nitrogens with zero attached hydrogens (tertiary/aromatic N) is 1. The molecule has 0 saturated carbocycles. The summed E-state index contributed by atoms with van der Waals surface area (Å²) in [5.74, 6) is 0.820. The monoisotopic (exact) mass is 351 g/mol. The van der Waals surface area contributed by atoms with E-state index in [9.17, 15) is 10.1 Å². The summed E-state index contributed by atoms with van der Waals surface area (Å²) in [6.45, 7) is 7.81. The molecular weight excluding hydrogens is 334 g/mol. The number of hydrogen-bond acceptors (Lipinski definition) is 4. The summed E-state index contributed by atoms with van der Waals surface area (Å²) < 4.78 is 7.17. The second kappa shape index (κ2) is 5.43. The summed E-state index contributed by atoms with van der Waals surface area (Å²) in [4.78, 5) is 12.1. The fourth-order valence-corrected chi connectivity index (χ4v) is 4.71. The highest BCUT2D eigenvalue weighted by Crippen LogP contribution is 2.44. The van der Waals surface area contributed by atoms with Crippen LogP contribution in [0.5, 0.6) is 0 Å². The van der Waals surface area contributed by atoms with Crippen molar-refractivity contribution in [2.24, 2.45) is 0 Å². The van der Waals surface area contributed by atoms with E-state index in [1.54, 1.807) is 17.4 Å². The van der Waals surface area contributed by atoms with Gasteiger partial charge in [0.2, 0.25) is 0 Å². The van der Waals surface area contributed by atoms with Crippen molar-refractivity contribution in [3.63, 3.8) is 0 Å². The van der Waals surface area contributed by atoms with E-state index in [-0.39, 0.29) is 10.6 Å². The Hall–Kier alpha value is -2.66. The van der Waals surface area contributed by atoms with Gasteiger partial charge >= 0.3 is 0 Å². The minimum atomic E-state index is -0.303. The molecule has 4 nitrogen and oxygen atoms in total. The van der Waals surface area contributed by atoms with Crippen LogP contribution in [0.25, 0.3) is 31.7 Å². The minimum Gasteiger partial charge on any atom is -0.455 e. The molecule has 0 aliphatic rings. The highest BCUT2D eigenvalue weighted by molar-refractivity contribution is 7.22. The highest BCUT2D eigenvalue weighted by atomic mass is 32.1. The van der Waals surface area contributed by atoms with Gasteiger partial charge in [0.05, 0.1) is 9.80 Å². The Morgan fingerprint density at radius 2 is 1.80 bits per heavy atom. The fourth-order valence-electron chi connectivity index (χ4n) is 3.42. The number of nitro benzene ring substituents is 1. The van der Waals surface area contributed by atoms with Gasteiger partial charge in [0.25, 0.3) is 5.69 Å². The summed E-state index contributed by atoms with van der Waals surface area (Å²) in [5.41, 5.74) is 4.89. The topological polar surface area (TPSA) is 56.3 Å². The summed E-state index contributed by atoms with van der Waals surface area (Å²) in [6, 6.07) is 9.87. The molecule has 2 heterocycles. The van der Waals surface area contributed by atoms with Crippen molar-refractivity contribution in [2.75, 3.05) is 0 Å². The van der Waals surface area contributed by atoms with Crippen molar-refractivity contribution < 1.29 is 9.34 Å². The summed E-state index contributed by atoms with van der Waals surface area (Å²) >= 11 is 1.64. The number of fused-ring (bicyclic) bond motifs is 2. The molecule has 0 bridgehead atoms. The standard InChI is InChI=1S/C20H17NO3S/c1-10-5-6-14-9-17(24-16(14)7-10)20-13(4)18-12(3)15(21(22)23)8-11(2)19(18)25-20/h5-9H,1-4H3. The van der Waals surface area contributed by atoms with E-state index in [1.807, 2.05) is 39.8 Å². The molecule has 0 fully saturated rings. The fraction of sp³-hybridized carbons (Fsp3) is 0.200. The zero-order chi connectivity index (χ0) is 17.9. The van der Waals surface area contributed by atoms with Gasteiger partial charge in [-0.2, -0.15) is 0 Å². The van der Waals surface area contributed by atoms with Gasteiger partial charge in [0.15, 0.2) is 0 Å². The first-order valence-corrected chi connectivity index (χ1v) is 8.86. The molecule has 0 atom stereocenters. The molecule has 2 aromatic heterocycles. The number of furan rings is 1. The van der Waals surface area contributed by atoms with Crippen LogP contribution in [-0.2, 0) is 0 Å². The maximum Gasteiger partial charge on any atom is 0.273 e. The van der Waals surface area contributed by atoms with Gasteiger partial charge in [-0.15, -0.1) is 11.3 Å². The van der Waals surface area contributed by atoms with Gasteiger partial charge in [-0.25, -0.2) is 0 Å².